The molecule has 0 radical (unpaired) electrons. The summed E-state index contributed by atoms with van der Waals surface area (Å²) in [7, 11) is 0. The Morgan fingerprint density at radius 1 is 0.312 bits per heavy atom. The molecule has 16 aromatic rings. The summed E-state index contributed by atoms with van der Waals surface area (Å²) in [6, 6.07) is 86.3. The Morgan fingerprint density at radius 3 is 1.22 bits per heavy atom. The van der Waals surface area contributed by atoms with Crippen molar-refractivity contribution in [3.8, 4) is 11.1 Å². The van der Waals surface area contributed by atoms with Crippen LogP contribution in [0.5, 0.6) is 0 Å². The second kappa shape index (κ2) is 17.4. The Kier molecular flexibility index (Phi) is 10.1. The molecule has 5 heteroatoms. The first-order chi connectivity index (χ1) is 38.0. The van der Waals surface area contributed by atoms with Gasteiger partial charge < -0.3 is 23.0 Å². The number of para-hydroxylation sites is 4. The van der Waals surface area contributed by atoms with Gasteiger partial charge in [-0.1, -0.05) is 152 Å². The zero-order valence-corrected chi connectivity index (χ0v) is 43.2. The first-order valence-electron chi connectivity index (χ1n) is 26.7. The second-order valence-corrected chi connectivity index (χ2v) is 20.3. The van der Waals surface area contributed by atoms with Crippen LogP contribution in [0.2, 0.25) is 0 Å². The van der Waals surface area contributed by atoms with Gasteiger partial charge in [-0.05, 0) is 156 Å². The molecule has 0 spiro atoms. The first kappa shape index (κ1) is 44.6. The number of rotatable bonds is 7. The molecule has 16 rings (SSSR count). The van der Waals surface area contributed by atoms with Gasteiger partial charge in [-0.3, -0.25) is 0 Å². The van der Waals surface area contributed by atoms with E-state index >= 15 is 0 Å². The van der Waals surface area contributed by atoms with E-state index in [4.69, 9.17) is 8.83 Å². The van der Waals surface area contributed by atoms with E-state index in [1.165, 1.54) is 71.1 Å². The molecule has 0 saturated heterocycles. The lowest BCUT2D eigenvalue weighted by atomic mass is 9.97. The number of aryl methyl sites for hydroxylation is 2. The lowest BCUT2D eigenvalue weighted by Crippen LogP contribution is -2.10. The van der Waals surface area contributed by atoms with Crippen LogP contribution < -0.4 is 9.80 Å². The number of fused-ring (bicyclic) bond motifs is 14. The molecule has 0 aliphatic rings. The lowest BCUT2D eigenvalue weighted by Gasteiger charge is -2.26. The lowest BCUT2D eigenvalue weighted by molar-refractivity contribution is 0.668. The van der Waals surface area contributed by atoms with Crippen LogP contribution in [-0.4, -0.2) is 4.40 Å². The van der Waals surface area contributed by atoms with Crippen LogP contribution in [0, 0.1) is 13.8 Å². The van der Waals surface area contributed by atoms with Crippen molar-refractivity contribution in [2.75, 3.05) is 9.80 Å². The zero-order valence-electron chi connectivity index (χ0n) is 43.2. The van der Waals surface area contributed by atoms with E-state index < -0.39 is 0 Å². The van der Waals surface area contributed by atoms with Crippen molar-refractivity contribution in [2.24, 2.45) is 0 Å². The third kappa shape index (κ3) is 6.94. The second-order valence-electron chi connectivity index (χ2n) is 20.3. The van der Waals surface area contributed by atoms with Crippen molar-refractivity contribution in [1.82, 2.24) is 4.40 Å². The molecule has 5 nitrogen and oxygen atoms in total. The predicted octanol–water partition coefficient (Wildman–Crippen LogP) is 21.2. The number of hydrogen-bond donors (Lipinski definition) is 0. The largest absolute Gasteiger partial charge is 0.454 e. The van der Waals surface area contributed by atoms with Gasteiger partial charge in [0, 0.05) is 65.8 Å². The van der Waals surface area contributed by atoms with Crippen molar-refractivity contribution >= 4 is 138 Å². The molecule has 0 unspecified atom stereocenters. The van der Waals surface area contributed by atoms with E-state index in [1.807, 2.05) is 26.0 Å². The van der Waals surface area contributed by atoms with Crippen LogP contribution in [0.3, 0.4) is 0 Å². The fourth-order valence-corrected chi connectivity index (χ4v) is 12.1. The highest BCUT2D eigenvalue weighted by Gasteiger charge is 2.24. The average Bonchev–Trinajstić information content (AvgIpc) is 4.42. The number of aromatic nitrogens is 1. The van der Waals surface area contributed by atoms with E-state index in [0.717, 1.165) is 88.8 Å². The summed E-state index contributed by atoms with van der Waals surface area (Å²) >= 11 is 0. The number of anilines is 6. The van der Waals surface area contributed by atoms with Crippen molar-refractivity contribution in [2.45, 2.75) is 27.7 Å². The topological polar surface area (TPSA) is 37.2 Å². The molecule has 0 aliphatic carbocycles. The Labute approximate surface area is 445 Å². The zero-order chi connectivity index (χ0) is 51.5. The van der Waals surface area contributed by atoms with Crippen molar-refractivity contribution in [3.63, 3.8) is 0 Å². The fraction of sp³-hybridized carbons (Fsp3) is 0.0556. The summed E-state index contributed by atoms with van der Waals surface area (Å²) in [5.41, 5.74) is 18.1. The highest BCUT2D eigenvalue weighted by atomic mass is 16.3. The Hall–Kier alpha value is -9.84. The van der Waals surface area contributed by atoms with E-state index in [-0.39, 0.29) is 0 Å². The van der Waals surface area contributed by atoms with Gasteiger partial charge in [-0.25, -0.2) is 0 Å². The summed E-state index contributed by atoms with van der Waals surface area (Å²) in [5, 5.41) is 14.1. The maximum Gasteiger partial charge on any atom is 0.159 e. The normalized spacial score (nSPS) is 11.9. The van der Waals surface area contributed by atoms with Crippen LogP contribution >= 0.6 is 0 Å². The highest BCUT2D eigenvalue weighted by Crippen LogP contribution is 2.48. The molecular weight excluding hydrogens is 939 g/mol. The van der Waals surface area contributed by atoms with Gasteiger partial charge in [-0.2, -0.15) is 0 Å². The minimum atomic E-state index is 0.864. The number of benzene rings is 12. The summed E-state index contributed by atoms with van der Waals surface area (Å²) in [4.78, 5) is 4.69. The average molecular weight is 990 g/mol. The monoisotopic (exact) mass is 989 g/mol. The minimum absolute atomic E-state index is 0.864. The van der Waals surface area contributed by atoms with Crippen LogP contribution in [0.4, 0.5) is 34.1 Å². The first-order valence-corrected chi connectivity index (χ1v) is 26.7. The van der Waals surface area contributed by atoms with E-state index in [0.29, 0.717) is 0 Å². The number of furan rings is 2. The molecule has 77 heavy (non-hydrogen) atoms. The predicted molar refractivity (Wildman–Crippen MR) is 326 cm³/mol. The minimum Gasteiger partial charge on any atom is -0.454 e. The molecule has 4 heterocycles. The van der Waals surface area contributed by atoms with Crippen LogP contribution in [0.15, 0.2) is 245 Å². The van der Waals surface area contributed by atoms with Gasteiger partial charge in [0.2, 0.25) is 0 Å². The number of nitrogens with zero attached hydrogens (tertiary/aromatic N) is 3. The third-order valence-electron chi connectivity index (χ3n) is 15.7. The highest BCUT2D eigenvalue weighted by molar-refractivity contribution is 6.27. The quantitative estimate of drug-likeness (QED) is 0.159. The fourth-order valence-electron chi connectivity index (χ4n) is 12.1. The molecule has 0 aliphatic heterocycles. The van der Waals surface area contributed by atoms with Crippen molar-refractivity contribution in [3.05, 3.63) is 248 Å². The van der Waals surface area contributed by atoms with E-state index in [9.17, 15) is 0 Å². The summed E-state index contributed by atoms with van der Waals surface area (Å²) in [6.07, 6.45) is 0. The Bertz CT molecular complexity index is 4680. The van der Waals surface area contributed by atoms with Crippen molar-refractivity contribution < 1.29 is 8.83 Å². The standard InChI is InChI=1S/C70H45N3O2.C2H6/c1-42-22-28-50(29-23-42)71(62-18-10-16-56-54-14-6-8-20-66(54)74-69(56)62)52-32-26-45-36-58-60-38-49(44-12-4-3-5-13-44)39-61-59-37-46-27-33-53(35-48(46)41-65(59)73(68(60)61)64(58)40-47(45)34-52)72(51-30-24-43(2)25-31-51)63-19-11-17-57-55-15-7-9-21-67(55)75-70(57)63;1-2/h3-41H,1-2H3;1-2H3. The Morgan fingerprint density at radius 2 is 0.740 bits per heavy atom. The van der Waals surface area contributed by atoms with Gasteiger partial charge >= 0.3 is 0 Å². The van der Waals surface area contributed by atoms with E-state index in [1.54, 1.807) is 0 Å². The van der Waals surface area contributed by atoms with Gasteiger partial charge in [0.05, 0.1) is 27.9 Å². The molecular formula is C72H51N3O2. The van der Waals surface area contributed by atoms with Crippen molar-refractivity contribution in [1.29, 1.82) is 0 Å². The molecule has 366 valence electrons. The summed E-state index contributed by atoms with van der Waals surface area (Å²) in [6.45, 7) is 8.28. The molecule has 4 aromatic heterocycles. The van der Waals surface area contributed by atoms with Gasteiger partial charge in [0.1, 0.15) is 11.2 Å². The molecule has 0 fully saturated rings. The van der Waals surface area contributed by atoms with Crippen LogP contribution in [0.25, 0.3) is 115 Å². The van der Waals surface area contributed by atoms with Gasteiger partial charge in [0.25, 0.3) is 0 Å². The maximum absolute atomic E-state index is 6.70. The molecule has 0 saturated carbocycles. The SMILES string of the molecule is CC.Cc1ccc(N(c2ccc3cc4c5cc(-c6ccccc6)cc6c7cc8ccc(N(c9ccc(C)cc9)c9cccc%10c9oc9ccccc9%10)cc8cc7n(c4cc3c2)c56)c2cccc3c2oc2ccccc23)cc1. The molecule has 12 aromatic carbocycles. The molecule has 0 N–H and O–H groups in total. The Balaban J connectivity index is 0.00000256. The van der Waals surface area contributed by atoms with Crippen LogP contribution in [-0.2, 0) is 0 Å². The van der Waals surface area contributed by atoms with Gasteiger partial charge in [-0.15, -0.1) is 0 Å². The smallest absolute Gasteiger partial charge is 0.159 e. The maximum atomic E-state index is 6.70. The summed E-state index contributed by atoms with van der Waals surface area (Å²) < 4.78 is 15.9. The number of hydrogen-bond acceptors (Lipinski definition) is 4. The summed E-state index contributed by atoms with van der Waals surface area (Å²) in [5.74, 6) is 0. The molecule has 0 atom stereocenters. The molecule has 0 amide bonds. The third-order valence-corrected chi connectivity index (χ3v) is 15.7. The van der Waals surface area contributed by atoms with E-state index in [2.05, 4.69) is 253 Å². The van der Waals surface area contributed by atoms with Crippen LogP contribution in [0.1, 0.15) is 25.0 Å². The van der Waals surface area contributed by atoms with Gasteiger partial charge in [0.15, 0.2) is 11.2 Å². The molecule has 0 bridgehead atoms.